The summed E-state index contributed by atoms with van der Waals surface area (Å²) in [4.78, 5) is 0. The minimum absolute atomic E-state index is 0.249. The topological polar surface area (TPSA) is 29.5 Å². The average Bonchev–Trinajstić information content (AvgIpc) is 2.24. The van der Waals surface area contributed by atoms with Gasteiger partial charge in [-0.2, -0.15) is 0 Å². The first-order valence-electron chi connectivity index (χ1n) is 5.33. The number of aliphatic hydroxyl groups is 1. The Morgan fingerprint density at radius 2 is 2.31 bits per heavy atom. The van der Waals surface area contributed by atoms with Gasteiger partial charge in [0.05, 0.1) is 12.2 Å². The predicted molar refractivity (Wildman–Crippen MR) is 60.1 cm³/mol. The van der Waals surface area contributed by atoms with Crippen LogP contribution < -0.4 is 0 Å². The van der Waals surface area contributed by atoms with Crippen LogP contribution in [0.15, 0.2) is 18.2 Å². The highest BCUT2D eigenvalue weighted by atomic mass is 35.5. The van der Waals surface area contributed by atoms with Crippen molar-refractivity contribution < 1.29 is 14.2 Å². The van der Waals surface area contributed by atoms with Gasteiger partial charge >= 0.3 is 0 Å². The van der Waals surface area contributed by atoms with E-state index < -0.39 is 5.60 Å². The first-order valence-corrected chi connectivity index (χ1v) is 5.71. The first kappa shape index (κ1) is 11.8. The molecule has 0 amide bonds. The second-order valence-electron chi connectivity index (χ2n) is 4.29. The summed E-state index contributed by atoms with van der Waals surface area (Å²) < 4.78 is 18.7. The van der Waals surface area contributed by atoms with Crippen LogP contribution >= 0.6 is 11.6 Å². The normalized spacial score (nSPS) is 25.7. The Hall–Kier alpha value is -0.640. The quantitative estimate of drug-likeness (QED) is 0.867. The average molecular weight is 245 g/mol. The molecule has 2 nitrogen and oxygen atoms in total. The summed E-state index contributed by atoms with van der Waals surface area (Å²) in [6, 6.07) is 4.38. The number of benzene rings is 1. The SMILES string of the molecule is OC1(Cc2cc(Cl)ccc2F)CCCOC1. The predicted octanol–water partition coefficient (Wildman–Crippen LogP) is 2.56. The smallest absolute Gasteiger partial charge is 0.126 e. The zero-order chi connectivity index (χ0) is 11.6. The molecule has 4 heteroatoms. The maximum Gasteiger partial charge on any atom is 0.126 e. The molecule has 1 aliphatic heterocycles. The van der Waals surface area contributed by atoms with Crippen LogP contribution in [0.5, 0.6) is 0 Å². The number of hydrogen-bond donors (Lipinski definition) is 1. The lowest BCUT2D eigenvalue weighted by Gasteiger charge is -2.32. The van der Waals surface area contributed by atoms with Crippen LogP contribution in [0.25, 0.3) is 0 Å². The molecule has 1 unspecified atom stereocenters. The molecule has 0 aromatic heterocycles. The summed E-state index contributed by atoms with van der Waals surface area (Å²) in [5, 5.41) is 10.7. The molecule has 1 atom stereocenters. The highest BCUT2D eigenvalue weighted by Crippen LogP contribution is 2.26. The molecule has 1 heterocycles. The van der Waals surface area contributed by atoms with Gasteiger partial charge in [-0.05, 0) is 36.6 Å². The molecule has 0 radical (unpaired) electrons. The summed E-state index contributed by atoms with van der Waals surface area (Å²) in [5.41, 5.74) is -0.510. The second kappa shape index (κ2) is 4.70. The molecule has 1 aliphatic rings. The molecule has 1 fully saturated rings. The van der Waals surface area contributed by atoms with Gasteiger partial charge in [0.15, 0.2) is 0 Å². The van der Waals surface area contributed by atoms with E-state index in [1.165, 1.54) is 12.1 Å². The van der Waals surface area contributed by atoms with E-state index in [0.717, 1.165) is 6.42 Å². The fourth-order valence-electron chi connectivity index (χ4n) is 2.01. The van der Waals surface area contributed by atoms with Crippen LogP contribution in [0.2, 0.25) is 5.02 Å². The summed E-state index contributed by atoms with van der Waals surface area (Å²) in [7, 11) is 0. The number of halogens is 2. The molecule has 1 aromatic rings. The van der Waals surface area contributed by atoms with Crippen molar-refractivity contribution >= 4 is 11.6 Å². The molecule has 1 N–H and O–H groups in total. The Labute approximate surface area is 99.0 Å². The molecular formula is C12H14ClFO2. The minimum atomic E-state index is -0.955. The second-order valence-corrected chi connectivity index (χ2v) is 4.73. The maximum atomic E-state index is 13.5. The van der Waals surface area contributed by atoms with E-state index in [1.54, 1.807) is 6.07 Å². The molecule has 16 heavy (non-hydrogen) atoms. The molecular weight excluding hydrogens is 231 g/mol. The number of hydrogen-bond acceptors (Lipinski definition) is 2. The van der Waals surface area contributed by atoms with Crippen LogP contribution in [-0.4, -0.2) is 23.9 Å². The van der Waals surface area contributed by atoms with Crippen molar-refractivity contribution in [3.63, 3.8) is 0 Å². The van der Waals surface area contributed by atoms with Crippen molar-refractivity contribution in [1.82, 2.24) is 0 Å². The van der Waals surface area contributed by atoms with Gasteiger partial charge < -0.3 is 9.84 Å². The lowest BCUT2D eigenvalue weighted by Crippen LogP contribution is -2.40. The third kappa shape index (κ3) is 2.73. The van der Waals surface area contributed by atoms with E-state index in [1.807, 2.05) is 0 Å². The molecule has 2 rings (SSSR count). The van der Waals surface area contributed by atoms with Crippen molar-refractivity contribution in [3.8, 4) is 0 Å². The fraction of sp³-hybridized carbons (Fsp3) is 0.500. The van der Waals surface area contributed by atoms with Gasteiger partial charge in [-0.1, -0.05) is 11.6 Å². The number of rotatable bonds is 2. The number of ether oxygens (including phenoxy) is 1. The zero-order valence-electron chi connectivity index (χ0n) is 8.88. The summed E-state index contributed by atoms with van der Waals surface area (Å²) in [6.45, 7) is 0.930. The van der Waals surface area contributed by atoms with Gasteiger partial charge in [-0.3, -0.25) is 0 Å². The van der Waals surface area contributed by atoms with E-state index in [2.05, 4.69) is 0 Å². The van der Waals surface area contributed by atoms with Crippen molar-refractivity contribution in [2.75, 3.05) is 13.2 Å². The van der Waals surface area contributed by atoms with Gasteiger partial charge in [0, 0.05) is 18.1 Å². The molecule has 0 saturated carbocycles. The van der Waals surface area contributed by atoms with Crippen LogP contribution in [-0.2, 0) is 11.2 Å². The van der Waals surface area contributed by atoms with Crippen LogP contribution in [0, 0.1) is 5.82 Å². The molecule has 0 bridgehead atoms. The van der Waals surface area contributed by atoms with Crippen LogP contribution in [0.1, 0.15) is 18.4 Å². The van der Waals surface area contributed by atoms with Gasteiger partial charge in [0.1, 0.15) is 5.82 Å². The maximum absolute atomic E-state index is 13.5. The van der Waals surface area contributed by atoms with E-state index >= 15 is 0 Å². The highest BCUT2D eigenvalue weighted by molar-refractivity contribution is 6.30. The Morgan fingerprint density at radius 3 is 3.00 bits per heavy atom. The first-order chi connectivity index (χ1) is 7.59. The molecule has 1 saturated heterocycles. The lowest BCUT2D eigenvalue weighted by molar-refractivity contribution is -0.0848. The third-order valence-electron chi connectivity index (χ3n) is 2.83. The van der Waals surface area contributed by atoms with E-state index in [9.17, 15) is 9.50 Å². The van der Waals surface area contributed by atoms with E-state index in [4.69, 9.17) is 16.3 Å². The Bertz CT molecular complexity index is 375. The van der Waals surface area contributed by atoms with Gasteiger partial charge in [0.25, 0.3) is 0 Å². The third-order valence-corrected chi connectivity index (χ3v) is 3.06. The molecule has 1 aromatic carbocycles. The van der Waals surface area contributed by atoms with Crippen molar-refractivity contribution in [2.24, 2.45) is 0 Å². The summed E-state index contributed by atoms with van der Waals surface area (Å²) in [6.07, 6.45) is 1.69. The van der Waals surface area contributed by atoms with Gasteiger partial charge in [-0.25, -0.2) is 4.39 Å². The molecule has 0 aliphatic carbocycles. The van der Waals surface area contributed by atoms with E-state index in [0.29, 0.717) is 23.6 Å². The molecule has 0 spiro atoms. The summed E-state index contributed by atoms with van der Waals surface area (Å²) >= 11 is 5.80. The van der Waals surface area contributed by atoms with Crippen LogP contribution in [0.4, 0.5) is 4.39 Å². The van der Waals surface area contributed by atoms with Gasteiger partial charge in [0.2, 0.25) is 0 Å². The van der Waals surface area contributed by atoms with Crippen molar-refractivity contribution in [1.29, 1.82) is 0 Å². The Balaban J connectivity index is 2.15. The van der Waals surface area contributed by atoms with Crippen LogP contribution in [0.3, 0.4) is 0 Å². The van der Waals surface area contributed by atoms with Crippen molar-refractivity contribution in [2.45, 2.75) is 24.9 Å². The Kier molecular flexibility index (Phi) is 3.47. The van der Waals surface area contributed by atoms with Gasteiger partial charge in [-0.15, -0.1) is 0 Å². The van der Waals surface area contributed by atoms with Crippen molar-refractivity contribution in [3.05, 3.63) is 34.6 Å². The van der Waals surface area contributed by atoms with E-state index in [-0.39, 0.29) is 18.8 Å². The lowest BCUT2D eigenvalue weighted by atomic mass is 9.89. The minimum Gasteiger partial charge on any atom is -0.387 e. The monoisotopic (exact) mass is 244 g/mol. The molecule has 88 valence electrons. The standard InChI is InChI=1S/C12H14ClFO2/c13-10-2-3-11(14)9(6-10)7-12(15)4-1-5-16-8-12/h2-3,6,15H,1,4-5,7-8H2. The highest BCUT2D eigenvalue weighted by Gasteiger charge is 2.31. The Morgan fingerprint density at radius 1 is 1.50 bits per heavy atom. The largest absolute Gasteiger partial charge is 0.387 e. The fourth-order valence-corrected chi connectivity index (χ4v) is 2.21. The zero-order valence-corrected chi connectivity index (χ0v) is 9.63. The summed E-state index contributed by atoms with van der Waals surface area (Å²) in [5.74, 6) is -0.330.